The maximum absolute atomic E-state index is 12.2. The third-order valence-corrected chi connectivity index (χ3v) is 4.11. The molecular formula is C13H17NO2. The highest BCUT2D eigenvalue weighted by molar-refractivity contribution is 6.06. The van der Waals surface area contributed by atoms with Gasteiger partial charge < -0.3 is 0 Å². The van der Waals surface area contributed by atoms with Gasteiger partial charge in [-0.05, 0) is 24.2 Å². The van der Waals surface area contributed by atoms with Crippen LogP contribution in [0.4, 0.5) is 0 Å². The van der Waals surface area contributed by atoms with Crippen molar-refractivity contribution in [2.45, 2.75) is 20.3 Å². The molecule has 0 aromatic carbocycles. The maximum atomic E-state index is 12.2. The van der Waals surface area contributed by atoms with Crippen molar-refractivity contribution in [1.29, 1.82) is 0 Å². The van der Waals surface area contributed by atoms with E-state index in [1.54, 1.807) is 0 Å². The molecule has 2 fully saturated rings. The zero-order valence-electron chi connectivity index (χ0n) is 9.72. The Labute approximate surface area is 95.5 Å². The molecule has 2 amide bonds. The van der Waals surface area contributed by atoms with Crippen LogP contribution in [0, 0.1) is 29.6 Å². The van der Waals surface area contributed by atoms with Crippen molar-refractivity contribution in [3.8, 4) is 0 Å². The third-order valence-electron chi connectivity index (χ3n) is 4.11. The van der Waals surface area contributed by atoms with E-state index in [9.17, 15) is 9.59 Å². The lowest BCUT2D eigenvalue weighted by Gasteiger charge is -2.18. The molecule has 0 aromatic heterocycles. The standard InChI is InChI=1S/C13H17NO2/c1-7(2)6-14-12(15)10-8-3-4-9(5-8)11(10)13(14)16/h3-4,7-11H,5-6H2,1-2H3/t8-,9+,10-,11+. The van der Waals surface area contributed by atoms with Gasteiger partial charge in [-0.15, -0.1) is 0 Å². The van der Waals surface area contributed by atoms with Gasteiger partial charge in [-0.25, -0.2) is 0 Å². The summed E-state index contributed by atoms with van der Waals surface area (Å²) in [4.78, 5) is 25.9. The van der Waals surface area contributed by atoms with Gasteiger partial charge in [0.15, 0.2) is 0 Å². The van der Waals surface area contributed by atoms with Crippen molar-refractivity contribution < 1.29 is 9.59 Å². The summed E-state index contributed by atoms with van der Waals surface area (Å²) in [5.74, 6) is 1.15. The Hall–Kier alpha value is -1.12. The van der Waals surface area contributed by atoms with E-state index in [1.807, 2.05) is 13.8 Å². The van der Waals surface area contributed by atoms with E-state index in [4.69, 9.17) is 0 Å². The number of fused-ring (bicyclic) bond motifs is 5. The fraction of sp³-hybridized carbons (Fsp3) is 0.692. The van der Waals surface area contributed by atoms with Crippen molar-refractivity contribution in [3.63, 3.8) is 0 Å². The molecule has 1 saturated heterocycles. The number of imide groups is 1. The first-order valence-electron chi connectivity index (χ1n) is 6.13. The van der Waals surface area contributed by atoms with Crippen molar-refractivity contribution >= 4 is 11.8 Å². The largest absolute Gasteiger partial charge is 0.282 e. The highest BCUT2D eigenvalue weighted by Gasteiger charge is 2.58. The molecule has 4 atom stereocenters. The summed E-state index contributed by atoms with van der Waals surface area (Å²) in [5.41, 5.74) is 0. The lowest BCUT2D eigenvalue weighted by atomic mass is 9.85. The van der Waals surface area contributed by atoms with Crippen molar-refractivity contribution in [2.75, 3.05) is 6.54 Å². The van der Waals surface area contributed by atoms with Gasteiger partial charge >= 0.3 is 0 Å². The first-order chi connectivity index (χ1) is 7.59. The first kappa shape index (κ1) is 10.1. The van der Waals surface area contributed by atoms with Crippen molar-refractivity contribution in [2.24, 2.45) is 29.6 Å². The molecule has 2 bridgehead atoms. The predicted molar refractivity (Wildman–Crippen MR) is 59.3 cm³/mol. The van der Waals surface area contributed by atoms with Crippen molar-refractivity contribution in [3.05, 3.63) is 12.2 Å². The molecule has 16 heavy (non-hydrogen) atoms. The SMILES string of the molecule is CC(C)CN1C(=O)[C@@H]2[C@H](C1=O)[C@@H]1C=C[C@H]2C1. The monoisotopic (exact) mass is 219 g/mol. The number of likely N-dealkylation sites (tertiary alicyclic amines) is 1. The topological polar surface area (TPSA) is 37.4 Å². The van der Waals surface area contributed by atoms with Crippen molar-refractivity contribution in [1.82, 2.24) is 4.90 Å². The number of hydrogen-bond acceptors (Lipinski definition) is 2. The predicted octanol–water partition coefficient (Wildman–Crippen LogP) is 1.45. The molecule has 3 aliphatic rings. The van der Waals surface area contributed by atoms with Crippen LogP contribution in [-0.2, 0) is 9.59 Å². The number of amides is 2. The highest BCUT2D eigenvalue weighted by atomic mass is 16.2. The second kappa shape index (κ2) is 3.19. The quantitative estimate of drug-likeness (QED) is 0.520. The summed E-state index contributed by atoms with van der Waals surface area (Å²) in [6.07, 6.45) is 5.29. The molecule has 0 radical (unpaired) electrons. The van der Waals surface area contributed by atoms with E-state index in [-0.39, 0.29) is 23.7 Å². The van der Waals surface area contributed by atoms with Gasteiger partial charge in [0.1, 0.15) is 0 Å². The van der Waals surface area contributed by atoms with Gasteiger partial charge in [0, 0.05) is 6.54 Å². The Morgan fingerprint density at radius 2 is 1.69 bits per heavy atom. The van der Waals surface area contributed by atoms with Crippen LogP contribution in [-0.4, -0.2) is 23.3 Å². The number of nitrogens with zero attached hydrogens (tertiary/aromatic N) is 1. The molecule has 1 saturated carbocycles. The van der Waals surface area contributed by atoms with Gasteiger partial charge in [-0.3, -0.25) is 14.5 Å². The average molecular weight is 219 g/mol. The molecule has 1 aliphatic heterocycles. The van der Waals surface area contributed by atoms with Crippen LogP contribution in [0.15, 0.2) is 12.2 Å². The summed E-state index contributed by atoms with van der Waals surface area (Å²) < 4.78 is 0. The van der Waals surface area contributed by atoms with Crippen LogP contribution in [0.3, 0.4) is 0 Å². The Kier molecular flexibility index (Phi) is 2.00. The molecule has 86 valence electrons. The minimum Gasteiger partial charge on any atom is -0.282 e. The Morgan fingerprint density at radius 3 is 2.12 bits per heavy atom. The van der Waals surface area contributed by atoms with Crippen LogP contribution >= 0.6 is 0 Å². The summed E-state index contributed by atoms with van der Waals surface area (Å²) in [6, 6.07) is 0. The molecule has 0 aromatic rings. The molecule has 3 rings (SSSR count). The van der Waals surface area contributed by atoms with E-state index in [0.29, 0.717) is 24.3 Å². The van der Waals surface area contributed by atoms with Gasteiger partial charge in [0.05, 0.1) is 11.8 Å². The van der Waals surface area contributed by atoms with Gasteiger partial charge in [0.25, 0.3) is 0 Å². The molecule has 2 aliphatic carbocycles. The van der Waals surface area contributed by atoms with Crippen LogP contribution < -0.4 is 0 Å². The zero-order valence-corrected chi connectivity index (χ0v) is 9.72. The highest BCUT2D eigenvalue weighted by Crippen LogP contribution is 2.52. The summed E-state index contributed by atoms with van der Waals surface area (Å²) in [6.45, 7) is 4.67. The smallest absolute Gasteiger partial charge is 0.233 e. The van der Waals surface area contributed by atoms with Gasteiger partial charge in [-0.2, -0.15) is 0 Å². The Bertz CT molecular complexity index is 355. The second-order valence-corrected chi connectivity index (χ2v) is 5.68. The minimum atomic E-state index is -0.0266. The lowest BCUT2D eigenvalue weighted by Crippen LogP contribution is -2.35. The number of rotatable bonds is 2. The molecule has 0 spiro atoms. The maximum Gasteiger partial charge on any atom is 0.233 e. The Morgan fingerprint density at radius 1 is 1.19 bits per heavy atom. The molecule has 3 heteroatoms. The molecule has 0 unspecified atom stereocenters. The molecule has 3 nitrogen and oxygen atoms in total. The number of carbonyl (C=O) groups excluding carboxylic acids is 2. The average Bonchev–Trinajstić information content (AvgIpc) is 2.87. The summed E-state index contributed by atoms with van der Waals surface area (Å²) >= 11 is 0. The van der Waals surface area contributed by atoms with Crippen LogP contribution in [0.1, 0.15) is 20.3 Å². The van der Waals surface area contributed by atoms with E-state index in [2.05, 4.69) is 12.2 Å². The fourth-order valence-corrected chi connectivity index (χ4v) is 3.51. The number of allylic oxidation sites excluding steroid dienone is 2. The third kappa shape index (κ3) is 1.14. The molecule has 0 N–H and O–H groups in total. The van der Waals surface area contributed by atoms with Gasteiger partial charge in [0.2, 0.25) is 11.8 Å². The van der Waals surface area contributed by atoms with E-state index >= 15 is 0 Å². The number of carbonyl (C=O) groups is 2. The first-order valence-corrected chi connectivity index (χ1v) is 6.13. The molecular weight excluding hydrogens is 202 g/mol. The van der Waals surface area contributed by atoms with Crippen LogP contribution in [0.2, 0.25) is 0 Å². The minimum absolute atomic E-state index is 0.0266. The van der Waals surface area contributed by atoms with Crippen LogP contribution in [0.25, 0.3) is 0 Å². The van der Waals surface area contributed by atoms with E-state index < -0.39 is 0 Å². The fourth-order valence-electron chi connectivity index (χ4n) is 3.51. The van der Waals surface area contributed by atoms with E-state index in [1.165, 1.54) is 4.90 Å². The second-order valence-electron chi connectivity index (χ2n) is 5.68. The zero-order chi connectivity index (χ0) is 11.4. The summed E-state index contributed by atoms with van der Waals surface area (Å²) in [7, 11) is 0. The van der Waals surface area contributed by atoms with E-state index in [0.717, 1.165) is 6.42 Å². The Balaban J connectivity index is 1.89. The normalized spacial score (nSPS) is 40.3. The lowest BCUT2D eigenvalue weighted by molar-refractivity contribution is -0.141. The molecule has 1 heterocycles. The summed E-state index contributed by atoms with van der Waals surface area (Å²) in [5, 5.41) is 0. The van der Waals surface area contributed by atoms with Gasteiger partial charge in [-0.1, -0.05) is 26.0 Å². The number of hydrogen-bond donors (Lipinski definition) is 0. The van der Waals surface area contributed by atoms with Crippen LogP contribution in [0.5, 0.6) is 0 Å².